The topological polar surface area (TPSA) is 84.7 Å². The highest BCUT2D eigenvalue weighted by Crippen LogP contribution is 2.31. The molecule has 1 heterocycles. The molecular formula is C8H8N4O. The third-order valence-electron chi connectivity index (χ3n) is 2.06. The van der Waals surface area contributed by atoms with E-state index in [2.05, 4.69) is 5.10 Å². The molecule has 0 spiro atoms. The van der Waals surface area contributed by atoms with E-state index in [0.717, 1.165) is 17.5 Å². The SMILES string of the molecule is N#Cc1cnn(C(=O)C2CC2)c1N. The zero-order chi connectivity index (χ0) is 9.42. The van der Waals surface area contributed by atoms with Crippen molar-refractivity contribution in [2.45, 2.75) is 12.8 Å². The van der Waals surface area contributed by atoms with Crippen LogP contribution in [0.5, 0.6) is 0 Å². The Morgan fingerprint density at radius 3 is 2.92 bits per heavy atom. The van der Waals surface area contributed by atoms with Gasteiger partial charge >= 0.3 is 0 Å². The van der Waals surface area contributed by atoms with Crippen LogP contribution in [0.1, 0.15) is 23.2 Å². The van der Waals surface area contributed by atoms with Crippen molar-refractivity contribution in [3.8, 4) is 6.07 Å². The number of nitrogen functional groups attached to an aromatic ring is 1. The monoisotopic (exact) mass is 176 g/mol. The maximum Gasteiger partial charge on any atom is 0.251 e. The van der Waals surface area contributed by atoms with Gasteiger partial charge in [0.1, 0.15) is 17.5 Å². The first-order chi connectivity index (χ1) is 6.24. The lowest BCUT2D eigenvalue weighted by Crippen LogP contribution is -2.16. The molecular weight excluding hydrogens is 168 g/mol. The molecule has 1 aromatic heterocycles. The summed E-state index contributed by atoms with van der Waals surface area (Å²) < 4.78 is 1.12. The van der Waals surface area contributed by atoms with Gasteiger partial charge in [-0.25, -0.2) is 0 Å². The molecule has 1 aliphatic rings. The van der Waals surface area contributed by atoms with Gasteiger partial charge < -0.3 is 5.73 Å². The Hall–Kier alpha value is -1.83. The highest BCUT2D eigenvalue weighted by Gasteiger charge is 2.32. The van der Waals surface area contributed by atoms with Gasteiger partial charge in [-0.15, -0.1) is 0 Å². The first kappa shape index (κ1) is 7.80. The minimum atomic E-state index is -0.0981. The Kier molecular flexibility index (Phi) is 1.55. The molecule has 0 amide bonds. The predicted molar refractivity (Wildman–Crippen MR) is 44.7 cm³/mol. The second-order valence-corrected chi connectivity index (χ2v) is 3.08. The lowest BCUT2D eigenvalue weighted by molar-refractivity contribution is 0.0873. The van der Waals surface area contributed by atoms with E-state index in [9.17, 15) is 4.79 Å². The lowest BCUT2D eigenvalue weighted by atomic mass is 10.3. The normalized spacial score (nSPS) is 15.3. The number of aromatic nitrogens is 2. The Morgan fingerprint density at radius 2 is 2.46 bits per heavy atom. The van der Waals surface area contributed by atoms with Crippen molar-refractivity contribution in [3.63, 3.8) is 0 Å². The molecule has 2 N–H and O–H groups in total. The molecule has 1 fully saturated rings. The molecule has 1 aliphatic carbocycles. The molecule has 5 heteroatoms. The highest BCUT2D eigenvalue weighted by atomic mass is 16.2. The van der Waals surface area contributed by atoms with Crippen LogP contribution in [0.2, 0.25) is 0 Å². The van der Waals surface area contributed by atoms with Crippen molar-refractivity contribution in [2.75, 3.05) is 5.73 Å². The van der Waals surface area contributed by atoms with Gasteiger partial charge in [0.15, 0.2) is 0 Å². The number of carbonyl (C=O) groups is 1. The van der Waals surface area contributed by atoms with Crippen LogP contribution in [0.25, 0.3) is 0 Å². The Bertz CT molecular complexity index is 397. The van der Waals surface area contributed by atoms with Crippen molar-refractivity contribution in [2.24, 2.45) is 5.92 Å². The maximum absolute atomic E-state index is 11.5. The number of nitriles is 1. The van der Waals surface area contributed by atoms with E-state index in [1.807, 2.05) is 6.07 Å². The summed E-state index contributed by atoms with van der Waals surface area (Å²) >= 11 is 0. The summed E-state index contributed by atoms with van der Waals surface area (Å²) in [5.41, 5.74) is 5.80. The number of nitrogens with zero attached hydrogens (tertiary/aromatic N) is 3. The average molecular weight is 176 g/mol. The number of rotatable bonds is 1. The predicted octanol–water partition coefficient (Wildman–Crippen LogP) is 0.387. The third-order valence-corrected chi connectivity index (χ3v) is 2.06. The molecule has 5 nitrogen and oxygen atoms in total. The molecule has 2 rings (SSSR count). The minimum absolute atomic E-state index is 0.0637. The summed E-state index contributed by atoms with van der Waals surface area (Å²) in [6.07, 6.45) is 3.12. The zero-order valence-electron chi connectivity index (χ0n) is 6.90. The minimum Gasteiger partial charge on any atom is -0.382 e. The zero-order valence-corrected chi connectivity index (χ0v) is 6.90. The van der Waals surface area contributed by atoms with E-state index >= 15 is 0 Å². The Balaban J connectivity index is 2.35. The fourth-order valence-electron chi connectivity index (χ4n) is 1.12. The van der Waals surface area contributed by atoms with E-state index in [-0.39, 0.29) is 23.2 Å². The molecule has 0 radical (unpaired) electrons. The van der Waals surface area contributed by atoms with Crippen LogP contribution < -0.4 is 5.73 Å². The van der Waals surface area contributed by atoms with Gasteiger partial charge in [-0.1, -0.05) is 0 Å². The summed E-state index contributed by atoms with van der Waals surface area (Å²) in [5, 5.41) is 12.3. The van der Waals surface area contributed by atoms with Gasteiger partial charge in [-0.3, -0.25) is 4.79 Å². The number of hydrogen-bond acceptors (Lipinski definition) is 4. The molecule has 0 aliphatic heterocycles. The van der Waals surface area contributed by atoms with Crippen LogP contribution >= 0.6 is 0 Å². The van der Waals surface area contributed by atoms with Crippen LogP contribution in [0.3, 0.4) is 0 Å². The largest absolute Gasteiger partial charge is 0.382 e. The van der Waals surface area contributed by atoms with Gasteiger partial charge in [0.2, 0.25) is 0 Å². The first-order valence-electron chi connectivity index (χ1n) is 4.02. The first-order valence-corrected chi connectivity index (χ1v) is 4.02. The number of nitrogens with two attached hydrogens (primary N) is 1. The van der Waals surface area contributed by atoms with Crippen LogP contribution in [-0.2, 0) is 0 Å². The van der Waals surface area contributed by atoms with Crippen molar-refractivity contribution >= 4 is 11.7 Å². The van der Waals surface area contributed by atoms with Crippen LogP contribution in [0.15, 0.2) is 6.20 Å². The van der Waals surface area contributed by atoms with Crippen LogP contribution in [-0.4, -0.2) is 15.7 Å². The fourth-order valence-corrected chi connectivity index (χ4v) is 1.12. The summed E-state index contributed by atoms with van der Waals surface area (Å²) in [6.45, 7) is 0. The molecule has 0 bridgehead atoms. The highest BCUT2D eigenvalue weighted by molar-refractivity contribution is 5.85. The van der Waals surface area contributed by atoms with Gasteiger partial charge in [-0.2, -0.15) is 15.0 Å². The second kappa shape index (κ2) is 2.59. The summed E-state index contributed by atoms with van der Waals surface area (Å²) in [6, 6.07) is 1.87. The number of anilines is 1. The van der Waals surface area contributed by atoms with Gasteiger partial charge in [-0.05, 0) is 12.8 Å². The average Bonchev–Trinajstić information content (AvgIpc) is 2.89. The molecule has 66 valence electrons. The summed E-state index contributed by atoms with van der Waals surface area (Å²) in [7, 11) is 0. The van der Waals surface area contributed by atoms with Crippen molar-refractivity contribution < 1.29 is 4.79 Å². The van der Waals surface area contributed by atoms with Crippen LogP contribution in [0, 0.1) is 17.2 Å². The molecule has 0 atom stereocenters. The molecule has 0 aromatic carbocycles. The van der Waals surface area contributed by atoms with Gasteiger partial charge in [0.25, 0.3) is 5.91 Å². The molecule has 13 heavy (non-hydrogen) atoms. The maximum atomic E-state index is 11.5. The van der Waals surface area contributed by atoms with E-state index in [1.165, 1.54) is 6.20 Å². The van der Waals surface area contributed by atoms with Crippen molar-refractivity contribution in [1.82, 2.24) is 9.78 Å². The molecule has 1 aromatic rings. The quantitative estimate of drug-likeness (QED) is 0.670. The van der Waals surface area contributed by atoms with Crippen molar-refractivity contribution in [1.29, 1.82) is 5.26 Å². The second-order valence-electron chi connectivity index (χ2n) is 3.08. The van der Waals surface area contributed by atoms with Crippen molar-refractivity contribution in [3.05, 3.63) is 11.8 Å². The van der Waals surface area contributed by atoms with E-state index in [0.29, 0.717) is 0 Å². The van der Waals surface area contributed by atoms with Gasteiger partial charge in [0, 0.05) is 5.92 Å². The van der Waals surface area contributed by atoms with Gasteiger partial charge in [0.05, 0.1) is 6.20 Å². The summed E-state index contributed by atoms with van der Waals surface area (Å²) in [5.74, 6) is 0.118. The third kappa shape index (κ3) is 1.16. The fraction of sp³-hybridized carbons (Fsp3) is 0.375. The van der Waals surface area contributed by atoms with Crippen LogP contribution in [0.4, 0.5) is 5.82 Å². The summed E-state index contributed by atoms with van der Waals surface area (Å²) in [4.78, 5) is 11.5. The van der Waals surface area contributed by atoms with E-state index in [1.54, 1.807) is 0 Å². The number of hydrogen-bond donors (Lipinski definition) is 1. The Labute approximate surface area is 74.8 Å². The smallest absolute Gasteiger partial charge is 0.251 e. The Morgan fingerprint density at radius 1 is 1.77 bits per heavy atom. The standard InChI is InChI=1S/C8H8N4O/c9-3-6-4-11-12(7(6)10)8(13)5-1-2-5/h4-5H,1-2,10H2. The molecule has 0 unspecified atom stereocenters. The lowest BCUT2D eigenvalue weighted by Gasteiger charge is -1.99. The van der Waals surface area contributed by atoms with E-state index in [4.69, 9.17) is 11.0 Å². The molecule has 0 saturated heterocycles. The molecule has 1 saturated carbocycles. The number of carbonyl (C=O) groups excluding carboxylic acids is 1. The van der Waals surface area contributed by atoms with E-state index < -0.39 is 0 Å².